The molecule has 2 amide bonds. The van der Waals surface area contributed by atoms with Crippen molar-refractivity contribution in [2.45, 2.75) is 38.6 Å². The van der Waals surface area contributed by atoms with Crippen LogP contribution in [0, 0.1) is 5.92 Å². The van der Waals surface area contributed by atoms with Crippen molar-refractivity contribution >= 4 is 6.03 Å². The number of primary amides is 1. The van der Waals surface area contributed by atoms with Gasteiger partial charge < -0.3 is 16.4 Å². The number of carbonyl (C=O) groups is 1. The van der Waals surface area contributed by atoms with E-state index >= 15 is 0 Å². The largest absolute Gasteiger partial charge is 0.352 e. The van der Waals surface area contributed by atoms with Gasteiger partial charge in [0.05, 0.1) is 0 Å². The third kappa shape index (κ3) is 3.54. The maximum Gasteiger partial charge on any atom is 0.312 e. The molecule has 1 rings (SSSR count). The van der Waals surface area contributed by atoms with Gasteiger partial charge in [-0.25, -0.2) is 4.79 Å². The first-order valence-electron chi connectivity index (χ1n) is 5.50. The molecule has 0 spiro atoms. The van der Waals surface area contributed by atoms with E-state index in [1.165, 1.54) is 25.7 Å². The van der Waals surface area contributed by atoms with E-state index in [4.69, 9.17) is 5.73 Å². The highest BCUT2D eigenvalue weighted by atomic mass is 16.2. The third-order valence-corrected chi connectivity index (χ3v) is 3.01. The van der Waals surface area contributed by atoms with Crippen LogP contribution in [0.5, 0.6) is 0 Å². The van der Waals surface area contributed by atoms with Crippen LogP contribution in [0.2, 0.25) is 0 Å². The Kier molecular flexibility index (Phi) is 4.73. The Morgan fingerprint density at radius 3 is 2.86 bits per heavy atom. The molecule has 0 aliphatic heterocycles. The molecule has 14 heavy (non-hydrogen) atoms. The average molecular weight is 199 g/mol. The highest BCUT2D eigenvalue weighted by Gasteiger charge is 2.24. The van der Waals surface area contributed by atoms with E-state index in [1.54, 1.807) is 0 Å². The molecule has 1 aliphatic rings. The molecule has 1 fully saturated rings. The summed E-state index contributed by atoms with van der Waals surface area (Å²) in [6.07, 6.45) is 5.20. The van der Waals surface area contributed by atoms with E-state index in [0.29, 0.717) is 12.6 Å². The fourth-order valence-corrected chi connectivity index (χ4v) is 2.24. The minimum absolute atomic E-state index is 0.440. The van der Waals surface area contributed by atoms with Crippen LogP contribution in [0.4, 0.5) is 4.79 Å². The number of hydrogen-bond donors (Lipinski definition) is 3. The lowest BCUT2D eigenvalue weighted by Gasteiger charge is -2.19. The normalized spacial score (nSPS) is 26.4. The summed E-state index contributed by atoms with van der Waals surface area (Å²) in [5.41, 5.74) is 4.96. The molecule has 0 aromatic heterocycles. The standard InChI is InChI=1S/C10H21N3O/c1-2-8-4-3-5-9(8)12-6-7-13-10(11)14/h8-9,12H,2-7H2,1H3,(H3,11,13,14). The predicted molar refractivity (Wildman–Crippen MR) is 57.0 cm³/mol. The number of carbonyl (C=O) groups excluding carboxylic acids is 1. The number of nitrogens with one attached hydrogen (secondary N) is 2. The van der Waals surface area contributed by atoms with Crippen molar-refractivity contribution in [2.75, 3.05) is 13.1 Å². The van der Waals surface area contributed by atoms with E-state index in [9.17, 15) is 4.79 Å². The molecule has 1 saturated carbocycles. The molecule has 4 N–H and O–H groups in total. The quantitative estimate of drug-likeness (QED) is 0.574. The molecule has 0 aromatic carbocycles. The second-order valence-corrected chi connectivity index (χ2v) is 3.95. The van der Waals surface area contributed by atoms with Gasteiger partial charge >= 0.3 is 6.03 Å². The zero-order chi connectivity index (χ0) is 10.4. The van der Waals surface area contributed by atoms with Crippen molar-refractivity contribution in [2.24, 2.45) is 11.7 Å². The summed E-state index contributed by atoms with van der Waals surface area (Å²) < 4.78 is 0. The highest BCUT2D eigenvalue weighted by molar-refractivity contribution is 5.71. The molecule has 0 aromatic rings. The molecule has 4 heteroatoms. The first-order valence-corrected chi connectivity index (χ1v) is 5.50. The summed E-state index contributed by atoms with van der Waals surface area (Å²) in [5, 5.41) is 6.05. The second-order valence-electron chi connectivity index (χ2n) is 3.95. The smallest absolute Gasteiger partial charge is 0.312 e. The average Bonchev–Trinajstić information content (AvgIpc) is 2.59. The van der Waals surface area contributed by atoms with E-state index in [2.05, 4.69) is 17.6 Å². The highest BCUT2D eigenvalue weighted by Crippen LogP contribution is 2.27. The van der Waals surface area contributed by atoms with Gasteiger partial charge in [0.1, 0.15) is 0 Å². The molecule has 0 saturated heterocycles. The van der Waals surface area contributed by atoms with Crippen molar-refractivity contribution in [3.63, 3.8) is 0 Å². The molecular weight excluding hydrogens is 178 g/mol. The fourth-order valence-electron chi connectivity index (χ4n) is 2.24. The summed E-state index contributed by atoms with van der Waals surface area (Å²) in [5.74, 6) is 0.823. The summed E-state index contributed by atoms with van der Waals surface area (Å²) >= 11 is 0. The molecule has 82 valence electrons. The Morgan fingerprint density at radius 2 is 2.21 bits per heavy atom. The van der Waals surface area contributed by atoms with E-state index < -0.39 is 6.03 Å². The van der Waals surface area contributed by atoms with Crippen LogP contribution in [0.1, 0.15) is 32.6 Å². The van der Waals surface area contributed by atoms with Gasteiger partial charge in [0.25, 0.3) is 0 Å². The van der Waals surface area contributed by atoms with Gasteiger partial charge in [-0.1, -0.05) is 19.8 Å². The molecule has 1 aliphatic carbocycles. The molecular formula is C10H21N3O. The Morgan fingerprint density at radius 1 is 1.43 bits per heavy atom. The maximum atomic E-state index is 10.4. The minimum Gasteiger partial charge on any atom is -0.352 e. The van der Waals surface area contributed by atoms with Crippen molar-refractivity contribution in [3.05, 3.63) is 0 Å². The summed E-state index contributed by atoms with van der Waals surface area (Å²) in [7, 11) is 0. The van der Waals surface area contributed by atoms with Gasteiger partial charge in [0, 0.05) is 19.1 Å². The van der Waals surface area contributed by atoms with Crippen LogP contribution in [0.15, 0.2) is 0 Å². The summed E-state index contributed by atoms with van der Waals surface area (Å²) in [6.45, 7) is 3.69. The maximum absolute atomic E-state index is 10.4. The molecule has 2 atom stereocenters. The Bertz CT molecular complexity index is 184. The molecule has 4 nitrogen and oxygen atoms in total. The SMILES string of the molecule is CCC1CCCC1NCCNC(N)=O. The van der Waals surface area contributed by atoms with Crippen LogP contribution < -0.4 is 16.4 Å². The van der Waals surface area contributed by atoms with Crippen molar-refractivity contribution in [1.82, 2.24) is 10.6 Å². The van der Waals surface area contributed by atoms with Gasteiger partial charge in [0.2, 0.25) is 0 Å². The number of rotatable bonds is 5. The lowest BCUT2D eigenvalue weighted by molar-refractivity contribution is 0.248. The number of nitrogens with two attached hydrogens (primary N) is 1. The van der Waals surface area contributed by atoms with E-state index in [0.717, 1.165) is 12.5 Å². The Hall–Kier alpha value is -0.770. The third-order valence-electron chi connectivity index (χ3n) is 3.01. The van der Waals surface area contributed by atoms with Crippen LogP contribution >= 0.6 is 0 Å². The first kappa shape index (κ1) is 11.3. The lowest BCUT2D eigenvalue weighted by Crippen LogP contribution is -2.40. The lowest BCUT2D eigenvalue weighted by atomic mass is 10.0. The van der Waals surface area contributed by atoms with Gasteiger partial charge in [-0.15, -0.1) is 0 Å². The van der Waals surface area contributed by atoms with Crippen LogP contribution in [0.3, 0.4) is 0 Å². The second kappa shape index (κ2) is 5.86. The zero-order valence-corrected chi connectivity index (χ0v) is 8.88. The predicted octanol–water partition coefficient (Wildman–Crippen LogP) is 0.823. The molecule has 0 bridgehead atoms. The Balaban J connectivity index is 2.08. The monoisotopic (exact) mass is 199 g/mol. The fraction of sp³-hybridized carbons (Fsp3) is 0.900. The van der Waals surface area contributed by atoms with Gasteiger partial charge in [-0.05, 0) is 18.8 Å². The number of hydrogen-bond acceptors (Lipinski definition) is 2. The number of amides is 2. The van der Waals surface area contributed by atoms with Crippen molar-refractivity contribution in [3.8, 4) is 0 Å². The van der Waals surface area contributed by atoms with Crippen molar-refractivity contribution < 1.29 is 4.79 Å². The number of urea groups is 1. The van der Waals surface area contributed by atoms with Crippen LogP contribution in [-0.2, 0) is 0 Å². The van der Waals surface area contributed by atoms with Gasteiger partial charge in [0.15, 0.2) is 0 Å². The molecule has 0 radical (unpaired) electrons. The van der Waals surface area contributed by atoms with Gasteiger partial charge in [-0.2, -0.15) is 0 Å². The van der Waals surface area contributed by atoms with Crippen LogP contribution in [-0.4, -0.2) is 25.2 Å². The summed E-state index contributed by atoms with van der Waals surface area (Å²) in [4.78, 5) is 10.4. The molecule has 0 heterocycles. The van der Waals surface area contributed by atoms with E-state index in [-0.39, 0.29) is 0 Å². The zero-order valence-electron chi connectivity index (χ0n) is 8.88. The van der Waals surface area contributed by atoms with Crippen molar-refractivity contribution in [1.29, 1.82) is 0 Å². The Labute approximate surface area is 85.6 Å². The molecule has 2 unspecified atom stereocenters. The topological polar surface area (TPSA) is 67.2 Å². The van der Waals surface area contributed by atoms with Gasteiger partial charge in [-0.3, -0.25) is 0 Å². The van der Waals surface area contributed by atoms with Crippen LogP contribution in [0.25, 0.3) is 0 Å². The first-order chi connectivity index (χ1) is 6.74. The summed E-state index contributed by atoms with van der Waals surface area (Å²) in [6, 6.07) is 0.208. The minimum atomic E-state index is -0.440. The van der Waals surface area contributed by atoms with E-state index in [1.807, 2.05) is 0 Å².